The van der Waals surface area contributed by atoms with Gasteiger partial charge in [0.1, 0.15) is 0 Å². The van der Waals surface area contributed by atoms with Gasteiger partial charge >= 0.3 is 6.03 Å². The van der Waals surface area contributed by atoms with E-state index in [1.165, 1.54) is 0 Å². The Hall–Kier alpha value is -0.770. The molecule has 4 heteroatoms. The Labute approximate surface area is 78.7 Å². The molecule has 0 aromatic rings. The SMILES string of the molecule is CN(C)C(=O)N1C[C@@H]2C(CN)[C@@H]2C1. The first-order chi connectivity index (χ1) is 6.15. The molecule has 0 spiro atoms. The second-order valence-corrected chi connectivity index (χ2v) is 4.31. The number of urea groups is 1. The molecule has 1 heterocycles. The lowest BCUT2D eigenvalue weighted by Gasteiger charge is -2.23. The number of carbonyl (C=O) groups excluding carboxylic acids is 1. The van der Waals surface area contributed by atoms with Crippen molar-refractivity contribution in [2.45, 2.75) is 0 Å². The monoisotopic (exact) mass is 183 g/mol. The third-order valence-corrected chi connectivity index (χ3v) is 3.30. The summed E-state index contributed by atoms with van der Waals surface area (Å²) in [5, 5.41) is 0. The van der Waals surface area contributed by atoms with Crippen molar-refractivity contribution < 1.29 is 4.79 Å². The number of nitrogens with two attached hydrogens (primary N) is 1. The zero-order chi connectivity index (χ0) is 9.59. The van der Waals surface area contributed by atoms with E-state index in [4.69, 9.17) is 5.73 Å². The number of hydrogen-bond acceptors (Lipinski definition) is 2. The summed E-state index contributed by atoms with van der Waals surface area (Å²) in [5.74, 6) is 2.11. The molecular weight excluding hydrogens is 166 g/mol. The Morgan fingerprint density at radius 2 is 2.00 bits per heavy atom. The van der Waals surface area contributed by atoms with Gasteiger partial charge in [-0.3, -0.25) is 0 Å². The summed E-state index contributed by atoms with van der Waals surface area (Å²) in [6, 6.07) is 0.142. The van der Waals surface area contributed by atoms with Gasteiger partial charge in [-0.1, -0.05) is 0 Å². The Morgan fingerprint density at radius 3 is 2.38 bits per heavy atom. The first-order valence-corrected chi connectivity index (χ1v) is 4.81. The van der Waals surface area contributed by atoms with Crippen molar-refractivity contribution >= 4 is 6.03 Å². The summed E-state index contributed by atoms with van der Waals surface area (Å²) in [5.41, 5.74) is 5.59. The smallest absolute Gasteiger partial charge is 0.319 e. The van der Waals surface area contributed by atoms with Gasteiger partial charge in [0.25, 0.3) is 0 Å². The van der Waals surface area contributed by atoms with Gasteiger partial charge in [-0.15, -0.1) is 0 Å². The number of carbonyl (C=O) groups is 1. The van der Waals surface area contributed by atoms with Crippen LogP contribution in [0.15, 0.2) is 0 Å². The Bertz CT molecular complexity index is 217. The molecule has 4 nitrogen and oxygen atoms in total. The van der Waals surface area contributed by atoms with Gasteiger partial charge in [-0.05, 0) is 24.3 Å². The van der Waals surface area contributed by atoms with Crippen LogP contribution in [0.4, 0.5) is 4.79 Å². The molecule has 0 aromatic heterocycles. The van der Waals surface area contributed by atoms with Crippen molar-refractivity contribution in [1.82, 2.24) is 9.80 Å². The number of likely N-dealkylation sites (tertiary alicyclic amines) is 1. The first kappa shape index (κ1) is 8.81. The lowest BCUT2D eigenvalue weighted by Crippen LogP contribution is -2.39. The molecular formula is C9H17N3O. The number of amides is 2. The van der Waals surface area contributed by atoms with Crippen molar-refractivity contribution in [3.8, 4) is 0 Å². The normalized spacial score (nSPS) is 35.9. The van der Waals surface area contributed by atoms with E-state index in [0.29, 0.717) is 17.8 Å². The molecule has 3 atom stereocenters. The molecule has 2 rings (SSSR count). The van der Waals surface area contributed by atoms with Crippen molar-refractivity contribution in [3.63, 3.8) is 0 Å². The van der Waals surface area contributed by atoms with Crippen LogP contribution in [0.2, 0.25) is 0 Å². The molecule has 1 aliphatic carbocycles. The number of piperidine rings is 1. The van der Waals surface area contributed by atoms with Crippen molar-refractivity contribution in [3.05, 3.63) is 0 Å². The van der Waals surface area contributed by atoms with Crippen LogP contribution in [-0.4, -0.2) is 49.6 Å². The van der Waals surface area contributed by atoms with E-state index < -0.39 is 0 Å². The summed E-state index contributed by atoms with van der Waals surface area (Å²) < 4.78 is 0. The maximum Gasteiger partial charge on any atom is 0.319 e. The van der Waals surface area contributed by atoms with Crippen LogP contribution in [0.3, 0.4) is 0 Å². The Kier molecular flexibility index (Phi) is 1.95. The first-order valence-electron chi connectivity index (χ1n) is 4.81. The second kappa shape index (κ2) is 2.87. The maximum absolute atomic E-state index is 11.5. The predicted octanol–water partition coefficient (Wildman–Crippen LogP) is -0.195. The third kappa shape index (κ3) is 1.29. The van der Waals surface area contributed by atoms with E-state index in [2.05, 4.69) is 0 Å². The molecule has 2 fully saturated rings. The average molecular weight is 183 g/mol. The number of nitrogens with zero attached hydrogens (tertiary/aromatic N) is 2. The van der Waals surface area contributed by atoms with E-state index in [1.807, 2.05) is 4.90 Å². The maximum atomic E-state index is 11.5. The molecule has 2 aliphatic rings. The molecule has 0 radical (unpaired) electrons. The summed E-state index contributed by atoms with van der Waals surface area (Å²) in [6.45, 7) is 2.63. The second-order valence-electron chi connectivity index (χ2n) is 4.31. The van der Waals surface area contributed by atoms with Crippen LogP contribution in [0.25, 0.3) is 0 Å². The molecule has 74 valence electrons. The minimum Gasteiger partial charge on any atom is -0.331 e. The Morgan fingerprint density at radius 1 is 1.46 bits per heavy atom. The van der Waals surface area contributed by atoms with E-state index in [9.17, 15) is 4.79 Å². The number of rotatable bonds is 1. The molecule has 0 aromatic carbocycles. The molecule has 13 heavy (non-hydrogen) atoms. The van der Waals surface area contributed by atoms with Gasteiger partial charge in [-0.25, -0.2) is 4.79 Å². The Balaban J connectivity index is 1.87. The van der Waals surface area contributed by atoms with Gasteiger partial charge < -0.3 is 15.5 Å². The predicted molar refractivity (Wildman–Crippen MR) is 50.2 cm³/mol. The minimum absolute atomic E-state index is 0.142. The molecule has 1 unspecified atom stereocenters. The van der Waals surface area contributed by atoms with E-state index in [1.54, 1.807) is 19.0 Å². The molecule has 1 aliphatic heterocycles. The van der Waals surface area contributed by atoms with Crippen LogP contribution in [0, 0.1) is 17.8 Å². The van der Waals surface area contributed by atoms with Crippen molar-refractivity contribution in [2.24, 2.45) is 23.5 Å². The lowest BCUT2D eigenvalue weighted by molar-refractivity contribution is 0.174. The summed E-state index contributed by atoms with van der Waals surface area (Å²) in [4.78, 5) is 15.1. The van der Waals surface area contributed by atoms with Crippen LogP contribution in [-0.2, 0) is 0 Å². The number of hydrogen-bond donors (Lipinski definition) is 1. The van der Waals surface area contributed by atoms with Crippen molar-refractivity contribution in [2.75, 3.05) is 33.7 Å². The van der Waals surface area contributed by atoms with E-state index in [0.717, 1.165) is 19.6 Å². The van der Waals surface area contributed by atoms with E-state index >= 15 is 0 Å². The topological polar surface area (TPSA) is 49.6 Å². The zero-order valence-electron chi connectivity index (χ0n) is 8.23. The highest BCUT2D eigenvalue weighted by Gasteiger charge is 2.55. The fraction of sp³-hybridized carbons (Fsp3) is 0.889. The van der Waals surface area contributed by atoms with Crippen LogP contribution >= 0.6 is 0 Å². The average Bonchev–Trinajstić information content (AvgIpc) is 2.56. The standard InChI is InChI=1S/C9H17N3O/c1-11(2)9(13)12-4-7-6(3-10)8(7)5-12/h6-8H,3-5,10H2,1-2H3/t6?,7-,8+. The molecule has 2 amide bonds. The van der Waals surface area contributed by atoms with Gasteiger partial charge in [-0.2, -0.15) is 0 Å². The fourth-order valence-corrected chi connectivity index (χ4v) is 2.44. The fourth-order valence-electron chi connectivity index (χ4n) is 2.44. The van der Waals surface area contributed by atoms with Gasteiger partial charge in [0.05, 0.1) is 0 Å². The quantitative estimate of drug-likeness (QED) is 0.612. The third-order valence-electron chi connectivity index (χ3n) is 3.30. The summed E-state index contributed by atoms with van der Waals surface area (Å²) in [6.07, 6.45) is 0. The highest BCUT2D eigenvalue weighted by atomic mass is 16.2. The molecule has 0 bridgehead atoms. The van der Waals surface area contributed by atoms with Crippen LogP contribution in [0.1, 0.15) is 0 Å². The minimum atomic E-state index is 0.142. The molecule has 1 saturated carbocycles. The van der Waals surface area contributed by atoms with Gasteiger partial charge in [0, 0.05) is 27.2 Å². The van der Waals surface area contributed by atoms with Crippen LogP contribution in [0.5, 0.6) is 0 Å². The van der Waals surface area contributed by atoms with Crippen LogP contribution < -0.4 is 5.73 Å². The van der Waals surface area contributed by atoms with Crippen molar-refractivity contribution in [1.29, 1.82) is 0 Å². The molecule has 1 saturated heterocycles. The van der Waals surface area contributed by atoms with E-state index in [-0.39, 0.29) is 6.03 Å². The summed E-state index contributed by atoms with van der Waals surface area (Å²) in [7, 11) is 3.60. The van der Waals surface area contributed by atoms with Gasteiger partial charge in [0.2, 0.25) is 0 Å². The molecule has 2 N–H and O–H groups in total. The summed E-state index contributed by atoms with van der Waals surface area (Å²) >= 11 is 0. The lowest BCUT2D eigenvalue weighted by atomic mass is 10.3. The number of fused-ring (bicyclic) bond motifs is 1. The highest BCUT2D eigenvalue weighted by Crippen LogP contribution is 2.50. The highest BCUT2D eigenvalue weighted by molar-refractivity contribution is 5.74. The largest absolute Gasteiger partial charge is 0.331 e. The van der Waals surface area contributed by atoms with Gasteiger partial charge in [0.15, 0.2) is 0 Å². The zero-order valence-corrected chi connectivity index (χ0v) is 8.23.